The number of amidine groups is 1. The van der Waals surface area contributed by atoms with E-state index in [4.69, 9.17) is 5.11 Å². The van der Waals surface area contributed by atoms with Crippen molar-refractivity contribution < 1.29 is 14.7 Å². The standard InChI is InChI=1S/C19H24N2O3S/c1-3-5-11-20-19-21(12-6-4-2)17(22)16(25-19)13-14-7-9-15(10-8-14)18(23)24/h7-10,13H,3-6,11-12H2,1-2H3,(H,23,24)/b16-13-,20-19?. The molecular formula is C19H24N2O3S. The van der Waals surface area contributed by atoms with Crippen LogP contribution in [0.25, 0.3) is 6.08 Å². The summed E-state index contributed by atoms with van der Waals surface area (Å²) in [7, 11) is 0. The van der Waals surface area contributed by atoms with E-state index in [1.54, 1.807) is 35.2 Å². The van der Waals surface area contributed by atoms with Crippen LogP contribution < -0.4 is 0 Å². The molecular weight excluding hydrogens is 336 g/mol. The second-order valence-corrected chi connectivity index (χ2v) is 6.88. The van der Waals surface area contributed by atoms with Crippen molar-refractivity contribution in [3.05, 3.63) is 40.3 Å². The molecule has 1 N–H and O–H groups in total. The van der Waals surface area contributed by atoms with Crippen molar-refractivity contribution in [2.24, 2.45) is 4.99 Å². The predicted octanol–water partition coefficient (Wildman–Crippen LogP) is 4.26. The van der Waals surface area contributed by atoms with Crippen molar-refractivity contribution in [1.29, 1.82) is 0 Å². The van der Waals surface area contributed by atoms with Crippen LogP contribution in [-0.4, -0.2) is 40.1 Å². The van der Waals surface area contributed by atoms with Crippen LogP contribution in [0.1, 0.15) is 55.5 Å². The number of aliphatic imine (C=N–C) groups is 1. The van der Waals surface area contributed by atoms with Gasteiger partial charge in [0.1, 0.15) is 0 Å². The number of thioether (sulfide) groups is 1. The number of hydrogen-bond acceptors (Lipinski definition) is 4. The van der Waals surface area contributed by atoms with Crippen LogP contribution in [0.15, 0.2) is 34.2 Å². The summed E-state index contributed by atoms with van der Waals surface area (Å²) in [6, 6.07) is 6.52. The predicted molar refractivity (Wildman–Crippen MR) is 103 cm³/mol. The van der Waals surface area contributed by atoms with E-state index in [1.165, 1.54) is 11.8 Å². The molecule has 0 atom stereocenters. The fourth-order valence-corrected chi connectivity index (χ4v) is 3.37. The molecule has 0 aromatic heterocycles. The molecule has 0 radical (unpaired) electrons. The molecule has 1 amide bonds. The summed E-state index contributed by atoms with van der Waals surface area (Å²) < 4.78 is 0. The first-order chi connectivity index (χ1) is 12.1. The Bertz CT molecular complexity index is 680. The molecule has 5 nitrogen and oxygen atoms in total. The Hall–Kier alpha value is -2.08. The van der Waals surface area contributed by atoms with Crippen molar-refractivity contribution >= 4 is 34.9 Å². The largest absolute Gasteiger partial charge is 0.478 e. The average molecular weight is 360 g/mol. The van der Waals surface area contributed by atoms with E-state index in [1.807, 2.05) is 0 Å². The lowest BCUT2D eigenvalue weighted by molar-refractivity contribution is -0.122. The number of nitrogens with zero attached hydrogens (tertiary/aromatic N) is 2. The summed E-state index contributed by atoms with van der Waals surface area (Å²) in [5, 5.41) is 9.74. The maximum Gasteiger partial charge on any atom is 0.335 e. The number of carboxylic acids is 1. The van der Waals surface area contributed by atoms with Gasteiger partial charge in [0.25, 0.3) is 5.91 Å². The highest BCUT2D eigenvalue weighted by Crippen LogP contribution is 2.32. The lowest BCUT2D eigenvalue weighted by atomic mass is 10.1. The van der Waals surface area contributed by atoms with Gasteiger partial charge in [-0.15, -0.1) is 0 Å². The summed E-state index contributed by atoms with van der Waals surface area (Å²) in [6.07, 6.45) is 5.85. The molecule has 2 rings (SSSR count). The number of carbonyl (C=O) groups is 2. The minimum Gasteiger partial charge on any atom is -0.478 e. The van der Waals surface area contributed by atoms with E-state index in [-0.39, 0.29) is 11.5 Å². The number of rotatable bonds is 8. The van der Waals surface area contributed by atoms with Crippen LogP contribution >= 0.6 is 11.8 Å². The Labute approximate surface area is 152 Å². The average Bonchev–Trinajstić information content (AvgIpc) is 2.89. The molecule has 6 heteroatoms. The highest BCUT2D eigenvalue weighted by Gasteiger charge is 2.32. The number of aromatic carboxylic acids is 1. The first-order valence-corrected chi connectivity index (χ1v) is 9.47. The van der Waals surface area contributed by atoms with Gasteiger partial charge in [0, 0.05) is 13.1 Å². The number of carbonyl (C=O) groups excluding carboxylic acids is 1. The van der Waals surface area contributed by atoms with E-state index in [0.717, 1.165) is 43.0 Å². The molecule has 1 aromatic rings. The van der Waals surface area contributed by atoms with E-state index in [9.17, 15) is 9.59 Å². The summed E-state index contributed by atoms with van der Waals surface area (Å²) in [5.74, 6) is -0.974. The molecule has 0 saturated carbocycles. The van der Waals surface area contributed by atoms with Gasteiger partial charge in [0.2, 0.25) is 0 Å². The number of hydrogen-bond donors (Lipinski definition) is 1. The molecule has 0 bridgehead atoms. The van der Waals surface area contributed by atoms with Crippen molar-refractivity contribution in [3.63, 3.8) is 0 Å². The van der Waals surface area contributed by atoms with Gasteiger partial charge in [-0.25, -0.2) is 4.79 Å². The van der Waals surface area contributed by atoms with Crippen LogP contribution in [0, 0.1) is 0 Å². The number of benzene rings is 1. The highest BCUT2D eigenvalue weighted by atomic mass is 32.2. The summed E-state index contributed by atoms with van der Waals surface area (Å²) in [5.41, 5.74) is 1.05. The van der Waals surface area contributed by atoms with E-state index < -0.39 is 5.97 Å². The summed E-state index contributed by atoms with van der Waals surface area (Å²) in [6.45, 7) is 5.63. The molecule has 1 aromatic carbocycles. The topological polar surface area (TPSA) is 70.0 Å². The van der Waals surface area contributed by atoms with Gasteiger partial charge in [0.15, 0.2) is 5.17 Å². The van der Waals surface area contributed by atoms with Gasteiger partial charge in [-0.1, -0.05) is 38.8 Å². The van der Waals surface area contributed by atoms with Crippen molar-refractivity contribution in [1.82, 2.24) is 4.90 Å². The zero-order chi connectivity index (χ0) is 18.2. The second kappa shape index (κ2) is 9.42. The smallest absolute Gasteiger partial charge is 0.335 e. The Morgan fingerprint density at radius 2 is 1.88 bits per heavy atom. The third kappa shape index (κ3) is 5.19. The molecule has 1 aliphatic heterocycles. The zero-order valence-corrected chi connectivity index (χ0v) is 15.5. The molecule has 1 heterocycles. The van der Waals surface area contributed by atoms with Crippen molar-refractivity contribution in [2.75, 3.05) is 13.1 Å². The van der Waals surface area contributed by atoms with Gasteiger partial charge in [-0.2, -0.15) is 0 Å². The third-order valence-electron chi connectivity index (χ3n) is 3.84. The lowest BCUT2D eigenvalue weighted by Crippen LogP contribution is -2.30. The Balaban J connectivity index is 2.20. The van der Waals surface area contributed by atoms with Crippen molar-refractivity contribution in [2.45, 2.75) is 39.5 Å². The number of unbranched alkanes of at least 4 members (excludes halogenated alkanes) is 2. The quantitative estimate of drug-likeness (QED) is 0.555. The first kappa shape index (κ1) is 19.2. The van der Waals surface area contributed by atoms with Gasteiger partial charge in [0.05, 0.1) is 10.5 Å². The Morgan fingerprint density at radius 3 is 2.48 bits per heavy atom. The molecule has 1 saturated heterocycles. The van der Waals surface area contributed by atoms with Crippen LogP contribution in [0.2, 0.25) is 0 Å². The molecule has 25 heavy (non-hydrogen) atoms. The number of carboxylic acid groups (broad SMARTS) is 1. The van der Waals surface area contributed by atoms with E-state index in [0.29, 0.717) is 11.4 Å². The minimum absolute atomic E-state index is 0.0176. The highest BCUT2D eigenvalue weighted by molar-refractivity contribution is 8.18. The van der Waals surface area contributed by atoms with Gasteiger partial charge >= 0.3 is 5.97 Å². The van der Waals surface area contributed by atoms with E-state index in [2.05, 4.69) is 18.8 Å². The number of amides is 1. The monoisotopic (exact) mass is 360 g/mol. The third-order valence-corrected chi connectivity index (χ3v) is 4.88. The first-order valence-electron chi connectivity index (χ1n) is 8.66. The molecule has 0 spiro atoms. The Kier molecular flexibility index (Phi) is 7.25. The molecule has 134 valence electrons. The second-order valence-electron chi connectivity index (χ2n) is 5.87. The SMILES string of the molecule is CCCCN=C1S/C(=C\c2ccc(C(=O)O)cc2)C(=O)N1CCCC. The normalized spacial score (nSPS) is 17.7. The zero-order valence-electron chi connectivity index (χ0n) is 14.7. The van der Waals surface area contributed by atoms with Crippen LogP contribution in [0.4, 0.5) is 0 Å². The summed E-state index contributed by atoms with van der Waals surface area (Å²) >= 11 is 1.40. The maximum atomic E-state index is 12.7. The molecule has 0 aliphatic carbocycles. The van der Waals surface area contributed by atoms with Gasteiger partial charge in [-0.3, -0.25) is 14.7 Å². The van der Waals surface area contributed by atoms with Crippen LogP contribution in [-0.2, 0) is 4.79 Å². The lowest BCUT2D eigenvalue weighted by Gasteiger charge is -2.14. The van der Waals surface area contributed by atoms with Crippen LogP contribution in [0.3, 0.4) is 0 Å². The molecule has 1 aliphatic rings. The van der Waals surface area contributed by atoms with Crippen molar-refractivity contribution in [3.8, 4) is 0 Å². The minimum atomic E-state index is -0.957. The van der Waals surface area contributed by atoms with E-state index >= 15 is 0 Å². The van der Waals surface area contributed by atoms with Gasteiger partial charge < -0.3 is 5.11 Å². The Morgan fingerprint density at radius 1 is 1.20 bits per heavy atom. The molecule has 1 fully saturated rings. The van der Waals surface area contributed by atoms with Gasteiger partial charge in [-0.05, 0) is 48.4 Å². The van der Waals surface area contributed by atoms with Crippen LogP contribution in [0.5, 0.6) is 0 Å². The summed E-state index contributed by atoms with van der Waals surface area (Å²) in [4.78, 5) is 30.6. The fraction of sp³-hybridized carbons (Fsp3) is 0.421. The maximum absolute atomic E-state index is 12.7. The molecule has 0 unspecified atom stereocenters. The fourth-order valence-electron chi connectivity index (χ4n) is 2.35.